The Balaban J connectivity index is 1.88. The van der Waals surface area contributed by atoms with E-state index in [2.05, 4.69) is 10.3 Å². The van der Waals surface area contributed by atoms with Gasteiger partial charge in [-0.15, -0.1) is 0 Å². The average Bonchev–Trinajstić information content (AvgIpc) is 2.83. The Morgan fingerprint density at radius 2 is 2.10 bits per heavy atom. The molecular weight excluding hydrogens is 290 g/mol. The van der Waals surface area contributed by atoms with Crippen LogP contribution >= 0.6 is 0 Å². The number of nitrogens with zero attached hydrogens (tertiary/aromatic N) is 2. The van der Waals surface area contributed by atoms with Crippen LogP contribution in [0.1, 0.15) is 26.2 Å². The van der Waals surface area contributed by atoms with Crippen molar-refractivity contribution < 1.29 is 13.2 Å². The molecule has 2 aliphatic rings. The van der Waals surface area contributed by atoms with Crippen LogP contribution in [0.2, 0.25) is 0 Å². The smallest absolute Gasteiger partial charge is 0.246 e. The molecule has 21 heavy (non-hydrogen) atoms. The fourth-order valence-electron chi connectivity index (χ4n) is 2.90. The Kier molecular flexibility index (Phi) is 4.14. The zero-order valence-electron chi connectivity index (χ0n) is 12.2. The van der Waals surface area contributed by atoms with Crippen molar-refractivity contribution in [2.45, 2.75) is 43.3 Å². The summed E-state index contributed by atoms with van der Waals surface area (Å²) in [6.07, 6.45) is 5.97. The highest BCUT2D eigenvalue weighted by molar-refractivity contribution is 7.89. The van der Waals surface area contributed by atoms with Gasteiger partial charge in [0.05, 0.1) is 17.9 Å². The minimum Gasteiger partial charge on any atom is -0.384 e. The molecule has 2 unspecified atom stereocenters. The molecule has 3 rings (SSSR count). The first-order valence-corrected chi connectivity index (χ1v) is 8.88. The van der Waals surface area contributed by atoms with Crippen LogP contribution in [0.25, 0.3) is 0 Å². The van der Waals surface area contributed by atoms with Gasteiger partial charge in [-0.3, -0.25) is 4.98 Å². The van der Waals surface area contributed by atoms with Crippen molar-refractivity contribution in [3.05, 3.63) is 18.5 Å². The molecule has 2 saturated heterocycles. The van der Waals surface area contributed by atoms with Gasteiger partial charge in [-0.1, -0.05) is 6.92 Å². The number of hydrogen-bond acceptors (Lipinski definition) is 5. The third-order valence-corrected chi connectivity index (χ3v) is 5.84. The number of anilines is 1. The van der Waals surface area contributed by atoms with Gasteiger partial charge in [-0.05, 0) is 25.3 Å². The van der Waals surface area contributed by atoms with Crippen LogP contribution in [-0.2, 0) is 14.8 Å². The molecule has 0 radical (unpaired) electrons. The second-order valence-electron chi connectivity index (χ2n) is 5.58. The molecule has 2 fully saturated rings. The summed E-state index contributed by atoms with van der Waals surface area (Å²) in [5.74, 6) is 0. The van der Waals surface area contributed by atoms with E-state index in [1.807, 2.05) is 6.92 Å². The predicted octanol–water partition coefficient (Wildman–Crippen LogP) is 1.46. The van der Waals surface area contributed by atoms with Crippen molar-refractivity contribution in [1.29, 1.82) is 0 Å². The van der Waals surface area contributed by atoms with Gasteiger partial charge in [-0.25, -0.2) is 8.42 Å². The van der Waals surface area contributed by atoms with Crippen molar-refractivity contribution in [2.75, 3.05) is 25.0 Å². The fourth-order valence-corrected chi connectivity index (χ4v) is 4.52. The second kappa shape index (κ2) is 5.90. The van der Waals surface area contributed by atoms with Crippen LogP contribution in [0, 0.1) is 0 Å². The van der Waals surface area contributed by atoms with Crippen molar-refractivity contribution in [3.63, 3.8) is 0 Å². The maximum atomic E-state index is 12.9. The first-order chi connectivity index (χ1) is 10.1. The van der Waals surface area contributed by atoms with Gasteiger partial charge < -0.3 is 10.1 Å². The highest BCUT2D eigenvalue weighted by Gasteiger charge is 2.40. The summed E-state index contributed by atoms with van der Waals surface area (Å²) < 4.78 is 33.0. The number of sulfonamides is 1. The molecule has 1 N–H and O–H groups in total. The highest BCUT2D eigenvalue weighted by atomic mass is 32.2. The van der Waals surface area contributed by atoms with E-state index in [-0.39, 0.29) is 17.1 Å². The van der Waals surface area contributed by atoms with Gasteiger partial charge >= 0.3 is 0 Å². The minimum absolute atomic E-state index is 0.0437. The van der Waals surface area contributed by atoms with Gasteiger partial charge in [0.15, 0.2) is 0 Å². The van der Waals surface area contributed by atoms with Crippen LogP contribution in [0.3, 0.4) is 0 Å². The lowest BCUT2D eigenvalue weighted by atomic mass is 10.2. The zero-order valence-corrected chi connectivity index (χ0v) is 13.0. The van der Waals surface area contributed by atoms with Gasteiger partial charge in [0, 0.05) is 32.0 Å². The molecule has 6 nitrogen and oxygen atoms in total. The van der Waals surface area contributed by atoms with Crippen molar-refractivity contribution in [2.24, 2.45) is 0 Å². The summed E-state index contributed by atoms with van der Waals surface area (Å²) in [4.78, 5) is 4.25. The Bertz CT molecular complexity index is 593. The number of ether oxygens (including phenoxy) is 1. The minimum atomic E-state index is -3.52. The lowest BCUT2D eigenvalue weighted by molar-refractivity contribution is -0.0114. The summed E-state index contributed by atoms with van der Waals surface area (Å²) in [5, 5.41) is 3.17. The van der Waals surface area contributed by atoms with E-state index in [9.17, 15) is 8.42 Å². The number of morpholine rings is 1. The number of fused-ring (bicyclic) bond motifs is 2. The van der Waals surface area contributed by atoms with Crippen LogP contribution in [0.5, 0.6) is 0 Å². The summed E-state index contributed by atoms with van der Waals surface area (Å²) in [6.45, 7) is 3.67. The van der Waals surface area contributed by atoms with Crippen molar-refractivity contribution in [1.82, 2.24) is 9.29 Å². The third kappa shape index (κ3) is 2.90. The molecular formula is C14H21N3O3S. The maximum absolute atomic E-state index is 12.9. The number of aromatic nitrogens is 1. The summed E-state index contributed by atoms with van der Waals surface area (Å²) >= 11 is 0. The average molecular weight is 311 g/mol. The third-order valence-electron chi connectivity index (χ3n) is 3.98. The largest absolute Gasteiger partial charge is 0.384 e. The second-order valence-corrected chi connectivity index (χ2v) is 7.48. The van der Waals surface area contributed by atoms with Crippen LogP contribution in [0.15, 0.2) is 23.4 Å². The van der Waals surface area contributed by atoms with E-state index in [0.717, 1.165) is 25.8 Å². The lowest BCUT2D eigenvalue weighted by Gasteiger charge is -2.31. The number of hydrogen-bond donors (Lipinski definition) is 1. The van der Waals surface area contributed by atoms with Crippen LogP contribution < -0.4 is 5.32 Å². The Morgan fingerprint density at radius 3 is 2.76 bits per heavy atom. The van der Waals surface area contributed by atoms with E-state index in [1.165, 1.54) is 6.20 Å². The summed E-state index contributed by atoms with van der Waals surface area (Å²) in [5.41, 5.74) is 0.630. The number of nitrogens with one attached hydrogen (secondary N) is 1. The monoisotopic (exact) mass is 311 g/mol. The summed E-state index contributed by atoms with van der Waals surface area (Å²) in [6, 6.07) is 1.72. The first kappa shape index (κ1) is 14.7. The topological polar surface area (TPSA) is 71.5 Å². The number of pyridine rings is 1. The first-order valence-electron chi connectivity index (χ1n) is 7.44. The van der Waals surface area contributed by atoms with Crippen LogP contribution in [-0.4, -0.2) is 49.5 Å². The molecule has 0 amide bonds. The maximum Gasteiger partial charge on any atom is 0.246 e. The van der Waals surface area contributed by atoms with Crippen molar-refractivity contribution >= 4 is 15.7 Å². The molecule has 3 heterocycles. The Morgan fingerprint density at radius 1 is 1.38 bits per heavy atom. The molecule has 7 heteroatoms. The Hall–Kier alpha value is -1.18. The zero-order chi connectivity index (χ0) is 14.9. The Labute approximate surface area is 125 Å². The summed E-state index contributed by atoms with van der Waals surface area (Å²) in [7, 11) is -3.52. The van der Waals surface area contributed by atoms with E-state index in [1.54, 1.807) is 16.6 Å². The normalized spacial score (nSPS) is 26.0. The van der Waals surface area contributed by atoms with Gasteiger partial charge in [0.1, 0.15) is 4.90 Å². The SMILES string of the molecule is CCCNc1ccncc1S(=O)(=O)N1CC2CCC(C1)O2. The quantitative estimate of drug-likeness (QED) is 0.891. The van der Waals surface area contributed by atoms with Gasteiger partial charge in [0.25, 0.3) is 0 Å². The number of rotatable bonds is 5. The predicted molar refractivity (Wildman–Crippen MR) is 79.7 cm³/mol. The van der Waals surface area contributed by atoms with Crippen molar-refractivity contribution in [3.8, 4) is 0 Å². The van der Waals surface area contributed by atoms with Gasteiger partial charge in [0.2, 0.25) is 10.0 Å². The van der Waals surface area contributed by atoms with E-state index >= 15 is 0 Å². The van der Waals surface area contributed by atoms with E-state index < -0.39 is 10.0 Å². The molecule has 0 saturated carbocycles. The molecule has 2 aliphatic heterocycles. The molecule has 0 aliphatic carbocycles. The molecule has 2 atom stereocenters. The standard InChI is InChI=1S/C14H21N3O3S/c1-2-6-16-13-5-7-15-8-14(13)21(18,19)17-9-11-3-4-12(10-17)20-11/h5,7-8,11-12H,2-4,6,9-10H2,1H3,(H,15,16). The lowest BCUT2D eigenvalue weighted by Crippen LogP contribution is -2.45. The molecule has 0 aromatic carbocycles. The van der Waals surface area contributed by atoms with E-state index in [4.69, 9.17) is 4.74 Å². The molecule has 116 valence electrons. The van der Waals surface area contributed by atoms with Gasteiger partial charge in [-0.2, -0.15) is 4.31 Å². The van der Waals surface area contributed by atoms with Crippen LogP contribution in [0.4, 0.5) is 5.69 Å². The molecule has 0 spiro atoms. The van der Waals surface area contributed by atoms with E-state index in [0.29, 0.717) is 18.8 Å². The molecule has 1 aromatic rings. The highest BCUT2D eigenvalue weighted by Crippen LogP contribution is 2.31. The molecule has 1 aromatic heterocycles. The fraction of sp³-hybridized carbons (Fsp3) is 0.643. The molecule has 2 bridgehead atoms.